The number of ether oxygens (including phenoxy) is 2. The first-order valence-corrected chi connectivity index (χ1v) is 7.66. The molecule has 0 unspecified atom stereocenters. The lowest BCUT2D eigenvalue weighted by atomic mass is 10.1. The summed E-state index contributed by atoms with van der Waals surface area (Å²) in [6.07, 6.45) is 6.22. The van der Waals surface area contributed by atoms with Gasteiger partial charge >= 0.3 is 5.97 Å². The standard InChI is InChI=1S/C16H30O4/c1-5-6-10-14(17)11-8-7-9-12-19-13-15(18)20-16(2,3)4/h5-13H2,1-4H3. The monoisotopic (exact) mass is 286 g/mol. The molecule has 0 aliphatic rings. The maximum Gasteiger partial charge on any atom is 0.332 e. The summed E-state index contributed by atoms with van der Waals surface area (Å²) in [4.78, 5) is 22.8. The van der Waals surface area contributed by atoms with Crippen molar-refractivity contribution >= 4 is 11.8 Å². The van der Waals surface area contributed by atoms with Crippen LogP contribution in [-0.2, 0) is 19.1 Å². The number of ketones is 1. The van der Waals surface area contributed by atoms with Gasteiger partial charge in [0.05, 0.1) is 0 Å². The van der Waals surface area contributed by atoms with E-state index in [1.54, 1.807) is 0 Å². The lowest BCUT2D eigenvalue weighted by molar-refractivity contribution is -0.160. The first kappa shape index (κ1) is 19.1. The van der Waals surface area contributed by atoms with Crippen LogP contribution in [0.5, 0.6) is 0 Å². The topological polar surface area (TPSA) is 52.6 Å². The summed E-state index contributed by atoms with van der Waals surface area (Å²) in [6, 6.07) is 0. The van der Waals surface area contributed by atoms with Gasteiger partial charge in [0.25, 0.3) is 0 Å². The van der Waals surface area contributed by atoms with Gasteiger partial charge in [-0.05, 0) is 40.0 Å². The van der Waals surface area contributed by atoms with Crippen molar-refractivity contribution in [1.82, 2.24) is 0 Å². The van der Waals surface area contributed by atoms with E-state index in [0.29, 0.717) is 25.2 Å². The summed E-state index contributed by atoms with van der Waals surface area (Å²) in [7, 11) is 0. The van der Waals surface area contributed by atoms with Gasteiger partial charge in [-0.25, -0.2) is 4.79 Å². The lowest BCUT2D eigenvalue weighted by Crippen LogP contribution is -2.26. The highest BCUT2D eigenvalue weighted by Gasteiger charge is 2.15. The molecule has 0 heterocycles. The highest BCUT2D eigenvalue weighted by Crippen LogP contribution is 2.08. The summed E-state index contributed by atoms with van der Waals surface area (Å²) in [6.45, 7) is 8.14. The third-order valence-electron chi connectivity index (χ3n) is 2.69. The zero-order valence-electron chi connectivity index (χ0n) is 13.5. The maximum absolute atomic E-state index is 11.4. The van der Waals surface area contributed by atoms with Crippen LogP contribution in [0.2, 0.25) is 0 Å². The fourth-order valence-corrected chi connectivity index (χ4v) is 1.73. The quantitative estimate of drug-likeness (QED) is 0.429. The number of rotatable bonds is 11. The van der Waals surface area contributed by atoms with Crippen molar-refractivity contribution < 1.29 is 19.1 Å². The van der Waals surface area contributed by atoms with E-state index < -0.39 is 5.60 Å². The van der Waals surface area contributed by atoms with Gasteiger partial charge < -0.3 is 9.47 Å². The van der Waals surface area contributed by atoms with E-state index in [0.717, 1.165) is 32.1 Å². The molecule has 0 aromatic rings. The lowest BCUT2D eigenvalue weighted by Gasteiger charge is -2.19. The SMILES string of the molecule is CCCCC(=O)CCCCCOCC(=O)OC(C)(C)C. The molecule has 0 spiro atoms. The molecule has 0 aliphatic carbocycles. The van der Waals surface area contributed by atoms with Crippen molar-refractivity contribution in [3.8, 4) is 0 Å². The Kier molecular flexibility index (Phi) is 10.3. The van der Waals surface area contributed by atoms with E-state index in [4.69, 9.17) is 9.47 Å². The van der Waals surface area contributed by atoms with Crippen LogP contribution in [0.3, 0.4) is 0 Å². The molecule has 0 saturated carbocycles. The van der Waals surface area contributed by atoms with Gasteiger partial charge in [0.1, 0.15) is 18.0 Å². The second-order valence-corrected chi connectivity index (χ2v) is 6.09. The number of esters is 1. The zero-order chi connectivity index (χ0) is 15.4. The highest BCUT2D eigenvalue weighted by atomic mass is 16.6. The molecule has 0 aliphatic heterocycles. The molecule has 20 heavy (non-hydrogen) atoms. The summed E-state index contributed by atoms with van der Waals surface area (Å²) in [5, 5.41) is 0. The molecule has 0 aromatic carbocycles. The van der Waals surface area contributed by atoms with Crippen LogP contribution >= 0.6 is 0 Å². The van der Waals surface area contributed by atoms with E-state index in [2.05, 4.69) is 6.92 Å². The van der Waals surface area contributed by atoms with Crippen LogP contribution in [0.1, 0.15) is 72.6 Å². The Hall–Kier alpha value is -0.900. The molecule has 0 rings (SSSR count). The van der Waals surface area contributed by atoms with Gasteiger partial charge in [-0.1, -0.05) is 19.8 Å². The average molecular weight is 286 g/mol. The summed E-state index contributed by atoms with van der Waals surface area (Å²) in [5.74, 6) is 0.0359. The zero-order valence-corrected chi connectivity index (χ0v) is 13.5. The predicted molar refractivity (Wildman–Crippen MR) is 79.7 cm³/mol. The molecule has 0 bridgehead atoms. The second kappa shape index (κ2) is 10.8. The number of hydrogen-bond acceptors (Lipinski definition) is 4. The number of carbonyl (C=O) groups is 2. The molecule has 4 heteroatoms. The van der Waals surface area contributed by atoms with E-state index in [9.17, 15) is 9.59 Å². The van der Waals surface area contributed by atoms with Crippen molar-refractivity contribution in [1.29, 1.82) is 0 Å². The minimum absolute atomic E-state index is 0.00665. The van der Waals surface area contributed by atoms with Crippen LogP contribution in [0.25, 0.3) is 0 Å². The van der Waals surface area contributed by atoms with Crippen LogP contribution in [-0.4, -0.2) is 30.6 Å². The summed E-state index contributed by atoms with van der Waals surface area (Å²) < 4.78 is 10.4. The van der Waals surface area contributed by atoms with Crippen molar-refractivity contribution in [2.45, 2.75) is 78.2 Å². The molecule has 0 saturated heterocycles. The van der Waals surface area contributed by atoms with E-state index in [1.165, 1.54) is 0 Å². The molecule has 0 aromatic heterocycles. The van der Waals surface area contributed by atoms with Gasteiger partial charge in [-0.15, -0.1) is 0 Å². The van der Waals surface area contributed by atoms with Crippen molar-refractivity contribution in [3.05, 3.63) is 0 Å². The molecule has 0 atom stereocenters. The molecule has 0 N–H and O–H groups in total. The van der Waals surface area contributed by atoms with Crippen LogP contribution < -0.4 is 0 Å². The van der Waals surface area contributed by atoms with E-state index >= 15 is 0 Å². The normalized spacial score (nSPS) is 11.4. The third-order valence-corrected chi connectivity index (χ3v) is 2.69. The van der Waals surface area contributed by atoms with Gasteiger partial charge in [-0.3, -0.25) is 4.79 Å². The molecule has 0 radical (unpaired) electrons. The Labute approximate surface area is 123 Å². The molecule has 0 fully saturated rings. The second-order valence-electron chi connectivity index (χ2n) is 6.09. The molecule has 0 amide bonds. The molecular formula is C16H30O4. The minimum Gasteiger partial charge on any atom is -0.458 e. The highest BCUT2D eigenvalue weighted by molar-refractivity contribution is 5.78. The molecule has 4 nitrogen and oxygen atoms in total. The van der Waals surface area contributed by atoms with Crippen molar-refractivity contribution in [2.75, 3.05) is 13.2 Å². The van der Waals surface area contributed by atoms with E-state index in [1.807, 2.05) is 20.8 Å². The smallest absolute Gasteiger partial charge is 0.332 e. The Bertz CT molecular complexity index is 279. The van der Waals surface area contributed by atoms with Crippen molar-refractivity contribution in [2.24, 2.45) is 0 Å². The van der Waals surface area contributed by atoms with Crippen LogP contribution in [0.4, 0.5) is 0 Å². The van der Waals surface area contributed by atoms with Crippen LogP contribution in [0.15, 0.2) is 0 Å². The minimum atomic E-state index is -0.459. The average Bonchev–Trinajstić information content (AvgIpc) is 2.33. The van der Waals surface area contributed by atoms with Gasteiger partial charge in [0.2, 0.25) is 0 Å². The first-order chi connectivity index (χ1) is 9.35. The Morgan fingerprint density at radius 1 is 0.950 bits per heavy atom. The first-order valence-electron chi connectivity index (χ1n) is 7.66. The van der Waals surface area contributed by atoms with Crippen molar-refractivity contribution in [3.63, 3.8) is 0 Å². The summed E-state index contributed by atoms with van der Waals surface area (Å²) in [5.41, 5.74) is -0.459. The number of Topliss-reactive ketones (excluding diaryl/α,β-unsaturated/α-hetero) is 1. The number of carbonyl (C=O) groups excluding carboxylic acids is 2. The van der Waals surface area contributed by atoms with Gasteiger partial charge in [0, 0.05) is 19.4 Å². The van der Waals surface area contributed by atoms with E-state index in [-0.39, 0.29) is 12.6 Å². The fraction of sp³-hybridized carbons (Fsp3) is 0.875. The van der Waals surface area contributed by atoms with Crippen LogP contribution in [0, 0.1) is 0 Å². The largest absolute Gasteiger partial charge is 0.458 e. The number of unbranched alkanes of at least 4 members (excludes halogenated alkanes) is 3. The Morgan fingerprint density at radius 3 is 2.20 bits per heavy atom. The van der Waals surface area contributed by atoms with Gasteiger partial charge in [-0.2, -0.15) is 0 Å². The number of hydrogen-bond donors (Lipinski definition) is 0. The molecular weight excluding hydrogens is 256 g/mol. The van der Waals surface area contributed by atoms with Gasteiger partial charge in [0.15, 0.2) is 0 Å². The third kappa shape index (κ3) is 13.5. The Balaban J connectivity index is 3.37. The molecule has 118 valence electrons. The summed E-state index contributed by atoms with van der Waals surface area (Å²) >= 11 is 0. The fourth-order valence-electron chi connectivity index (χ4n) is 1.73. The predicted octanol–water partition coefficient (Wildman–Crippen LogP) is 3.66. The Morgan fingerprint density at radius 2 is 1.60 bits per heavy atom. The maximum atomic E-state index is 11.4.